The molecule has 1 aromatic rings. The first kappa shape index (κ1) is 19.7. The molecule has 8 heteroatoms. The molecule has 29 heavy (non-hydrogen) atoms. The van der Waals surface area contributed by atoms with Crippen molar-refractivity contribution < 1.29 is 23.9 Å². The molecule has 0 saturated carbocycles. The Morgan fingerprint density at radius 2 is 2.03 bits per heavy atom. The van der Waals surface area contributed by atoms with E-state index in [0.29, 0.717) is 52.2 Å². The Labute approximate surface area is 170 Å². The van der Waals surface area contributed by atoms with E-state index in [1.165, 1.54) is 4.90 Å². The minimum atomic E-state index is -0.822. The van der Waals surface area contributed by atoms with Crippen molar-refractivity contribution >= 4 is 17.8 Å². The predicted molar refractivity (Wildman–Crippen MR) is 104 cm³/mol. The molecule has 0 bridgehead atoms. The normalized spacial score (nSPS) is 23.8. The van der Waals surface area contributed by atoms with E-state index in [2.05, 4.69) is 5.32 Å². The molecule has 3 aliphatic rings. The van der Waals surface area contributed by atoms with Crippen LogP contribution in [0.1, 0.15) is 31.7 Å². The van der Waals surface area contributed by atoms with Crippen molar-refractivity contribution in [3.63, 3.8) is 0 Å². The number of urea groups is 1. The molecule has 4 rings (SSSR count). The maximum absolute atomic E-state index is 12.9. The summed E-state index contributed by atoms with van der Waals surface area (Å²) in [7, 11) is 0. The first-order chi connectivity index (χ1) is 14.0. The second kappa shape index (κ2) is 8.02. The van der Waals surface area contributed by atoms with Crippen molar-refractivity contribution in [2.45, 2.75) is 38.3 Å². The monoisotopic (exact) mass is 401 g/mol. The van der Waals surface area contributed by atoms with Gasteiger partial charge in [-0.25, -0.2) is 4.79 Å². The second-order valence-electron chi connectivity index (χ2n) is 7.97. The van der Waals surface area contributed by atoms with Gasteiger partial charge in [-0.2, -0.15) is 0 Å². The third-order valence-corrected chi connectivity index (χ3v) is 5.91. The number of hydrogen-bond acceptors (Lipinski definition) is 5. The van der Waals surface area contributed by atoms with Gasteiger partial charge in [-0.3, -0.25) is 14.5 Å². The molecule has 1 aromatic carbocycles. The number of carbonyl (C=O) groups excluding carboxylic acids is 3. The van der Waals surface area contributed by atoms with Crippen LogP contribution in [0.25, 0.3) is 0 Å². The summed E-state index contributed by atoms with van der Waals surface area (Å²) in [5.41, 5.74) is 0.179. The smallest absolute Gasteiger partial charge is 0.325 e. The van der Waals surface area contributed by atoms with Crippen molar-refractivity contribution in [2.75, 3.05) is 32.9 Å². The molecule has 3 heterocycles. The molecular formula is C21H27N3O5. The number of nitrogens with zero attached hydrogens (tertiary/aromatic N) is 2. The van der Waals surface area contributed by atoms with E-state index >= 15 is 0 Å². The summed E-state index contributed by atoms with van der Waals surface area (Å²) in [5, 5.41) is 2.87. The fourth-order valence-corrected chi connectivity index (χ4v) is 4.41. The number of rotatable bonds is 6. The van der Waals surface area contributed by atoms with Gasteiger partial charge in [-0.05, 0) is 24.6 Å². The van der Waals surface area contributed by atoms with Gasteiger partial charge in [-0.1, -0.05) is 12.1 Å². The quantitative estimate of drug-likeness (QED) is 0.731. The molecule has 0 aliphatic carbocycles. The molecule has 1 atom stereocenters. The Morgan fingerprint density at radius 1 is 1.24 bits per heavy atom. The van der Waals surface area contributed by atoms with Gasteiger partial charge in [0.2, 0.25) is 5.91 Å². The minimum absolute atomic E-state index is 0.0460. The number of likely N-dealkylation sites (tertiary alicyclic amines) is 1. The van der Waals surface area contributed by atoms with Crippen LogP contribution in [-0.4, -0.2) is 66.1 Å². The minimum Gasteiger partial charge on any atom is -0.494 e. The van der Waals surface area contributed by atoms with Gasteiger partial charge >= 0.3 is 6.03 Å². The molecular weight excluding hydrogens is 374 g/mol. The lowest BCUT2D eigenvalue weighted by Gasteiger charge is -2.30. The van der Waals surface area contributed by atoms with E-state index in [-0.39, 0.29) is 30.3 Å². The van der Waals surface area contributed by atoms with Gasteiger partial charge < -0.3 is 19.7 Å². The first-order valence-corrected chi connectivity index (χ1v) is 10.2. The molecule has 0 aromatic heterocycles. The van der Waals surface area contributed by atoms with Gasteiger partial charge in [0, 0.05) is 58.0 Å². The number of ether oxygens (including phenoxy) is 2. The summed E-state index contributed by atoms with van der Waals surface area (Å²) >= 11 is 0. The molecule has 1 N–H and O–H groups in total. The standard InChI is InChI=1S/C21H27N3O5/c1-2-29-17-5-3-4-15(10-17)12-23-13-16(11-18(23)25)14-24-19(26)21(22-20(24)27)6-8-28-9-7-21/h3-5,10,16H,2,6-9,11-14H2,1H3,(H,22,27). The van der Waals surface area contributed by atoms with E-state index in [9.17, 15) is 14.4 Å². The zero-order chi connectivity index (χ0) is 20.4. The molecule has 3 saturated heterocycles. The lowest BCUT2D eigenvalue weighted by molar-refractivity contribution is -0.135. The summed E-state index contributed by atoms with van der Waals surface area (Å²) in [5.74, 6) is 0.599. The highest BCUT2D eigenvalue weighted by Gasteiger charge is 2.52. The number of carbonyl (C=O) groups is 3. The van der Waals surface area contributed by atoms with Crippen LogP contribution in [0.4, 0.5) is 4.79 Å². The Hall–Kier alpha value is -2.61. The maximum atomic E-state index is 12.9. The topological polar surface area (TPSA) is 88.2 Å². The molecule has 0 radical (unpaired) electrons. The third-order valence-electron chi connectivity index (χ3n) is 5.91. The van der Waals surface area contributed by atoms with Crippen molar-refractivity contribution in [1.82, 2.24) is 15.1 Å². The maximum Gasteiger partial charge on any atom is 0.325 e. The SMILES string of the molecule is CCOc1cccc(CN2CC(CN3C(=O)NC4(CCOCC4)C3=O)CC2=O)c1. The van der Waals surface area contributed by atoms with Crippen LogP contribution in [0.3, 0.4) is 0 Å². The molecule has 8 nitrogen and oxygen atoms in total. The number of hydrogen-bond donors (Lipinski definition) is 1. The van der Waals surface area contributed by atoms with Gasteiger partial charge in [-0.15, -0.1) is 0 Å². The van der Waals surface area contributed by atoms with Crippen molar-refractivity contribution in [3.05, 3.63) is 29.8 Å². The zero-order valence-electron chi connectivity index (χ0n) is 16.7. The average molecular weight is 401 g/mol. The zero-order valence-corrected chi connectivity index (χ0v) is 16.7. The van der Waals surface area contributed by atoms with E-state index in [4.69, 9.17) is 9.47 Å². The van der Waals surface area contributed by atoms with Crippen molar-refractivity contribution in [2.24, 2.45) is 5.92 Å². The van der Waals surface area contributed by atoms with Crippen LogP contribution in [0.2, 0.25) is 0 Å². The summed E-state index contributed by atoms with van der Waals surface area (Å²) in [6.07, 6.45) is 1.35. The highest BCUT2D eigenvalue weighted by Crippen LogP contribution is 2.30. The average Bonchev–Trinajstić information content (AvgIpc) is 3.15. The van der Waals surface area contributed by atoms with Crippen molar-refractivity contribution in [3.8, 4) is 5.75 Å². The molecule has 156 valence electrons. The third kappa shape index (κ3) is 3.94. The molecule has 1 unspecified atom stereocenters. The van der Waals surface area contributed by atoms with E-state index in [1.807, 2.05) is 31.2 Å². The van der Waals surface area contributed by atoms with Gasteiger partial charge in [0.05, 0.1) is 6.61 Å². The second-order valence-corrected chi connectivity index (χ2v) is 7.97. The van der Waals surface area contributed by atoms with Crippen LogP contribution in [0.5, 0.6) is 5.75 Å². The van der Waals surface area contributed by atoms with Crippen LogP contribution in [0.15, 0.2) is 24.3 Å². The first-order valence-electron chi connectivity index (χ1n) is 10.2. The summed E-state index contributed by atoms with van der Waals surface area (Å²) < 4.78 is 10.9. The summed E-state index contributed by atoms with van der Waals surface area (Å²) in [6, 6.07) is 7.36. The highest BCUT2D eigenvalue weighted by molar-refractivity contribution is 6.07. The van der Waals surface area contributed by atoms with Gasteiger partial charge in [0.1, 0.15) is 11.3 Å². The van der Waals surface area contributed by atoms with E-state index < -0.39 is 5.54 Å². The van der Waals surface area contributed by atoms with Crippen LogP contribution < -0.4 is 10.1 Å². The molecule has 1 spiro atoms. The van der Waals surface area contributed by atoms with Crippen LogP contribution in [-0.2, 0) is 20.9 Å². The van der Waals surface area contributed by atoms with Crippen molar-refractivity contribution in [1.29, 1.82) is 0 Å². The molecule has 4 amide bonds. The Bertz CT molecular complexity index is 805. The van der Waals surface area contributed by atoms with E-state index in [0.717, 1.165) is 11.3 Å². The highest BCUT2D eigenvalue weighted by atomic mass is 16.5. The Morgan fingerprint density at radius 3 is 2.79 bits per heavy atom. The molecule has 3 fully saturated rings. The fraction of sp³-hybridized carbons (Fsp3) is 0.571. The Balaban J connectivity index is 1.38. The lowest BCUT2D eigenvalue weighted by Crippen LogP contribution is -2.51. The molecule has 3 aliphatic heterocycles. The summed E-state index contributed by atoms with van der Waals surface area (Å²) in [6.45, 7) is 4.76. The Kier molecular flexibility index (Phi) is 5.45. The number of nitrogens with one attached hydrogen (secondary N) is 1. The van der Waals surface area contributed by atoms with Crippen LogP contribution >= 0.6 is 0 Å². The fourth-order valence-electron chi connectivity index (χ4n) is 4.41. The lowest BCUT2D eigenvalue weighted by atomic mass is 9.90. The number of amides is 4. The summed E-state index contributed by atoms with van der Waals surface area (Å²) in [4.78, 5) is 40.9. The predicted octanol–water partition coefficient (Wildman–Crippen LogP) is 1.53. The van der Waals surface area contributed by atoms with Gasteiger partial charge in [0.15, 0.2) is 0 Å². The number of benzene rings is 1. The van der Waals surface area contributed by atoms with Crippen LogP contribution in [0, 0.1) is 5.92 Å². The largest absolute Gasteiger partial charge is 0.494 e. The van der Waals surface area contributed by atoms with E-state index in [1.54, 1.807) is 4.90 Å². The van der Waals surface area contributed by atoms with Gasteiger partial charge in [0.25, 0.3) is 5.91 Å². The number of imide groups is 1.